The molecule has 3 amide bonds. The van der Waals surface area contributed by atoms with E-state index < -0.39 is 17.7 Å². The maximum absolute atomic E-state index is 13.8. The number of aromatic amines is 1. The maximum atomic E-state index is 13.8. The normalized spacial score (nSPS) is 29.4. The van der Waals surface area contributed by atoms with Gasteiger partial charge in [-0.05, 0) is 60.1 Å². The monoisotopic (exact) mass is 628 g/mol. The molecule has 3 aromatic rings. The van der Waals surface area contributed by atoms with Crippen LogP contribution < -0.4 is 15.1 Å². The summed E-state index contributed by atoms with van der Waals surface area (Å²) in [6, 6.07) is 13.1. The van der Waals surface area contributed by atoms with Crippen LogP contribution in [0.1, 0.15) is 22.8 Å². The molecule has 7 rings (SSSR count). The van der Waals surface area contributed by atoms with Crippen molar-refractivity contribution in [3.8, 4) is 0 Å². The number of anilines is 2. The molecule has 3 heterocycles. The van der Waals surface area contributed by atoms with Crippen LogP contribution in [0, 0.1) is 29.6 Å². The fourth-order valence-electron chi connectivity index (χ4n) is 7.51. The Bertz CT molecular complexity index is 1650. The van der Waals surface area contributed by atoms with Crippen LogP contribution in [-0.2, 0) is 14.4 Å². The summed E-state index contributed by atoms with van der Waals surface area (Å²) in [6.45, 7) is -0.344. The second-order valence-corrected chi connectivity index (χ2v) is 14.4. The minimum Gasteiger partial charge on any atom is -0.378 e. The average Bonchev–Trinajstić information content (AvgIpc) is 3.67. The fraction of sp³-hybridized carbons (Fsp3) is 0.379. The molecule has 3 fully saturated rings. The van der Waals surface area contributed by atoms with Crippen LogP contribution in [0.5, 0.6) is 0 Å². The number of nitrogens with zero attached hydrogens (tertiary/aromatic N) is 2. The van der Waals surface area contributed by atoms with E-state index in [0.29, 0.717) is 15.7 Å². The number of nitrogens with one attached hydrogen (secondary N) is 2. The number of H-pyrrole nitrogens is 1. The van der Waals surface area contributed by atoms with Crippen LogP contribution in [0.4, 0.5) is 11.4 Å². The lowest BCUT2D eigenvalue weighted by atomic mass is 9.68. The number of carbonyl (C=O) groups is 3. The molecule has 6 unspecified atom stereocenters. The minimum atomic E-state index is -0.470. The fourth-order valence-corrected chi connectivity index (χ4v) is 10.7. The molecule has 7 atom stereocenters. The highest BCUT2D eigenvalue weighted by atomic mass is 35.5. The molecule has 1 aromatic heterocycles. The summed E-state index contributed by atoms with van der Waals surface area (Å²) >= 11 is 14.9. The van der Waals surface area contributed by atoms with Crippen LogP contribution in [-0.4, -0.2) is 53.5 Å². The largest absolute Gasteiger partial charge is 0.378 e. The summed E-state index contributed by atoms with van der Waals surface area (Å²) in [5.74, 6) is -1.84. The van der Waals surface area contributed by atoms with Gasteiger partial charge in [-0.2, -0.15) is 0 Å². The maximum Gasteiger partial charge on any atom is 0.305 e. The first kappa shape index (κ1) is 27.1. The average molecular weight is 630 g/mol. The Morgan fingerprint density at radius 2 is 1.73 bits per heavy atom. The third kappa shape index (κ3) is 4.25. The van der Waals surface area contributed by atoms with Gasteiger partial charge in [0.15, 0.2) is 0 Å². The zero-order valence-corrected chi connectivity index (χ0v) is 25.2. The summed E-state index contributed by atoms with van der Waals surface area (Å²) in [5, 5.41) is 4.35. The number of amides is 3. The van der Waals surface area contributed by atoms with Gasteiger partial charge in [-0.15, -0.1) is 11.8 Å². The zero-order valence-electron chi connectivity index (χ0n) is 22.1. The smallest absolute Gasteiger partial charge is 0.305 e. The third-order valence-electron chi connectivity index (χ3n) is 9.09. The van der Waals surface area contributed by atoms with Crippen molar-refractivity contribution in [2.45, 2.75) is 22.6 Å². The quantitative estimate of drug-likeness (QED) is 0.389. The number of carbonyl (C=O) groups excluding carboxylic acids is 3. The minimum absolute atomic E-state index is 0.000293. The van der Waals surface area contributed by atoms with Crippen molar-refractivity contribution >= 4 is 75.4 Å². The second kappa shape index (κ2) is 9.90. The van der Waals surface area contributed by atoms with Gasteiger partial charge in [0.25, 0.3) is 0 Å². The predicted octanol–water partition coefficient (Wildman–Crippen LogP) is 4.92. The van der Waals surface area contributed by atoms with Crippen molar-refractivity contribution in [2.75, 3.05) is 30.9 Å². The highest BCUT2D eigenvalue weighted by Gasteiger charge is 2.69. The first-order valence-corrected chi connectivity index (χ1v) is 15.8. The SMILES string of the molecule is CN(C)c1ccc([C@H]2c3sc(=O)[nH]c3SC3C4CC(C5C(=O)N(CC(=O)Nc6ccc(Cl)c(Cl)c6)C(=O)C45)C32)cc1. The lowest BCUT2D eigenvalue weighted by Crippen LogP contribution is -2.42. The van der Waals surface area contributed by atoms with Crippen molar-refractivity contribution < 1.29 is 14.4 Å². The number of fused-ring (bicyclic) bond motifs is 9. The molecule has 0 radical (unpaired) electrons. The van der Waals surface area contributed by atoms with Crippen molar-refractivity contribution in [3.05, 3.63) is 72.6 Å². The Kier molecular flexibility index (Phi) is 6.53. The first-order chi connectivity index (χ1) is 19.6. The van der Waals surface area contributed by atoms with Crippen LogP contribution >= 0.6 is 46.3 Å². The van der Waals surface area contributed by atoms with Gasteiger partial charge in [-0.25, -0.2) is 0 Å². The van der Waals surface area contributed by atoms with Crippen molar-refractivity contribution in [2.24, 2.45) is 29.6 Å². The van der Waals surface area contributed by atoms with Gasteiger partial charge >= 0.3 is 4.87 Å². The van der Waals surface area contributed by atoms with Gasteiger partial charge in [0.2, 0.25) is 17.7 Å². The molecule has 0 spiro atoms. The summed E-state index contributed by atoms with van der Waals surface area (Å²) in [4.78, 5) is 59.9. The Morgan fingerprint density at radius 1 is 1.02 bits per heavy atom. The molecule has 2 aliphatic heterocycles. The standard InChI is InChI=1S/C29H26Cl2N4O4S2/c1-34(2)14-6-3-12(4-7-14)20-21-15-10-16(24(21)40-26-25(20)41-29(39)33-26)23-22(15)27(37)35(28(23)38)11-19(36)32-13-5-8-17(30)18(31)9-13/h3-9,15-16,20-24H,10-11H2,1-2H3,(H,32,36)(H,33,39)/t15?,16?,20-,21?,22?,23?,24?/m1/s1. The Hall–Kier alpha value is -2.79. The molecule has 212 valence electrons. The van der Waals surface area contributed by atoms with Gasteiger partial charge < -0.3 is 15.2 Å². The Balaban J connectivity index is 1.18. The Morgan fingerprint density at radius 3 is 2.41 bits per heavy atom. The highest BCUT2D eigenvalue weighted by Crippen LogP contribution is 2.68. The number of halogens is 2. The van der Waals surface area contributed by atoms with Crippen molar-refractivity contribution in [1.82, 2.24) is 9.88 Å². The number of rotatable bonds is 5. The summed E-state index contributed by atoms with van der Waals surface area (Å²) in [6.07, 6.45) is 0.796. The van der Waals surface area contributed by atoms with Crippen molar-refractivity contribution in [1.29, 1.82) is 0 Å². The summed E-state index contributed by atoms with van der Waals surface area (Å²) in [7, 11) is 3.99. The van der Waals surface area contributed by atoms with Crippen LogP contribution in [0.15, 0.2) is 52.3 Å². The lowest BCUT2D eigenvalue weighted by molar-refractivity contribution is -0.143. The summed E-state index contributed by atoms with van der Waals surface area (Å²) < 4.78 is 0. The van der Waals surface area contributed by atoms with Crippen LogP contribution in [0.2, 0.25) is 10.0 Å². The topological polar surface area (TPSA) is 103 Å². The second-order valence-electron chi connectivity index (χ2n) is 11.4. The molecule has 1 saturated heterocycles. The Labute approximate surface area is 254 Å². The number of hydrogen-bond donors (Lipinski definition) is 2. The number of thiazole rings is 1. The van der Waals surface area contributed by atoms with Gasteiger partial charge in [0.05, 0.1) is 26.9 Å². The van der Waals surface area contributed by atoms with Gasteiger partial charge in [0, 0.05) is 41.5 Å². The molecule has 41 heavy (non-hydrogen) atoms. The van der Waals surface area contributed by atoms with Gasteiger partial charge in [0.1, 0.15) is 6.54 Å². The van der Waals surface area contributed by atoms with Crippen LogP contribution in [0.3, 0.4) is 0 Å². The molecule has 8 nitrogen and oxygen atoms in total. The molecule has 2 saturated carbocycles. The molecule has 2 N–H and O–H groups in total. The van der Waals surface area contributed by atoms with Crippen LogP contribution in [0.25, 0.3) is 0 Å². The van der Waals surface area contributed by atoms with E-state index in [-0.39, 0.29) is 52.2 Å². The molecule has 12 heteroatoms. The predicted molar refractivity (Wildman–Crippen MR) is 161 cm³/mol. The van der Waals surface area contributed by atoms with Gasteiger partial charge in [-0.1, -0.05) is 46.7 Å². The van der Waals surface area contributed by atoms with E-state index in [9.17, 15) is 19.2 Å². The molecular weight excluding hydrogens is 603 g/mol. The first-order valence-electron chi connectivity index (χ1n) is 13.4. The highest BCUT2D eigenvalue weighted by molar-refractivity contribution is 8.00. The zero-order chi connectivity index (χ0) is 28.7. The number of aromatic nitrogens is 1. The number of imide groups is 1. The number of hydrogen-bond acceptors (Lipinski definition) is 7. The third-order valence-corrected chi connectivity index (χ3v) is 12.4. The molecule has 2 aliphatic carbocycles. The van der Waals surface area contributed by atoms with E-state index in [1.807, 2.05) is 19.0 Å². The number of likely N-dealkylation sites (tertiary alicyclic amines) is 1. The lowest BCUT2D eigenvalue weighted by Gasteiger charge is -2.43. The van der Waals surface area contributed by atoms with E-state index in [1.165, 1.54) is 17.4 Å². The summed E-state index contributed by atoms with van der Waals surface area (Å²) in [5.41, 5.74) is 2.63. The van der Waals surface area contributed by atoms with Gasteiger partial charge in [-0.3, -0.25) is 24.1 Å². The number of thioether (sulfide) groups is 1. The number of benzene rings is 2. The van der Waals surface area contributed by atoms with Crippen molar-refractivity contribution in [3.63, 3.8) is 0 Å². The molecule has 2 bridgehead atoms. The van der Waals surface area contributed by atoms with E-state index in [1.54, 1.807) is 23.9 Å². The van der Waals surface area contributed by atoms with E-state index in [2.05, 4.69) is 34.6 Å². The van der Waals surface area contributed by atoms with E-state index in [0.717, 1.165) is 32.5 Å². The van der Waals surface area contributed by atoms with E-state index >= 15 is 0 Å². The molecular formula is C29H26Cl2N4O4S2. The molecule has 2 aromatic carbocycles. The van der Waals surface area contributed by atoms with E-state index in [4.69, 9.17) is 23.2 Å². The molecule has 4 aliphatic rings.